The van der Waals surface area contributed by atoms with Crippen molar-refractivity contribution in [3.63, 3.8) is 0 Å². The molecule has 0 aliphatic carbocycles. The quantitative estimate of drug-likeness (QED) is 0.825. The van der Waals surface area contributed by atoms with Gasteiger partial charge in [-0.25, -0.2) is 0 Å². The largest absolute Gasteiger partial charge is 0.469 e. The van der Waals surface area contributed by atoms with Crippen LogP contribution in [0.5, 0.6) is 0 Å². The van der Waals surface area contributed by atoms with Gasteiger partial charge in [-0.3, -0.25) is 4.79 Å². The Labute approximate surface area is 154 Å². The molecule has 0 saturated carbocycles. The lowest BCUT2D eigenvalue weighted by atomic mass is 9.72. The summed E-state index contributed by atoms with van der Waals surface area (Å²) in [5, 5.41) is 8.84. The molecule has 1 fully saturated rings. The number of fused-ring (bicyclic) bond motifs is 1. The van der Waals surface area contributed by atoms with Crippen LogP contribution in [0.15, 0.2) is 16.7 Å². The zero-order chi connectivity index (χ0) is 18.3. The number of carbonyl (C=O) groups is 1. The van der Waals surface area contributed by atoms with Crippen LogP contribution in [0.2, 0.25) is 0 Å². The van der Waals surface area contributed by atoms with Crippen molar-refractivity contribution in [1.82, 2.24) is 19.7 Å². The highest BCUT2D eigenvalue weighted by molar-refractivity contribution is 5.95. The molecule has 1 saturated heterocycles. The summed E-state index contributed by atoms with van der Waals surface area (Å²) < 4.78 is 7.64. The summed E-state index contributed by atoms with van der Waals surface area (Å²) in [4.78, 5) is 14.7. The first kappa shape index (κ1) is 17.3. The van der Waals surface area contributed by atoms with Gasteiger partial charge in [-0.15, -0.1) is 10.2 Å². The summed E-state index contributed by atoms with van der Waals surface area (Å²) in [5.41, 5.74) is 1.03. The van der Waals surface area contributed by atoms with E-state index >= 15 is 0 Å². The van der Waals surface area contributed by atoms with Gasteiger partial charge in [0.2, 0.25) is 0 Å². The van der Waals surface area contributed by atoms with Crippen LogP contribution in [-0.4, -0.2) is 38.7 Å². The second-order valence-corrected chi connectivity index (χ2v) is 8.21. The van der Waals surface area contributed by atoms with Gasteiger partial charge < -0.3 is 13.9 Å². The molecule has 0 atom stereocenters. The number of amides is 1. The lowest BCUT2D eigenvalue weighted by molar-refractivity contribution is 0.0534. The number of aromatic nitrogens is 3. The van der Waals surface area contributed by atoms with Crippen LogP contribution in [0.25, 0.3) is 0 Å². The molecule has 6 heteroatoms. The van der Waals surface area contributed by atoms with Crippen molar-refractivity contribution in [2.24, 2.45) is 5.41 Å². The zero-order valence-electron chi connectivity index (χ0n) is 16.0. The summed E-state index contributed by atoms with van der Waals surface area (Å²) in [5.74, 6) is 3.48. The Kier molecular flexibility index (Phi) is 4.37. The van der Waals surface area contributed by atoms with Gasteiger partial charge in [-0.2, -0.15) is 0 Å². The minimum atomic E-state index is 0.110. The summed E-state index contributed by atoms with van der Waals surface area (Å²) in [6.07, 6.45) is 7.05. The first-order chi connectivity index (χ1) is 12.5. The van der Waals surface area contributed by atoms with E-state index in [1.165, 1.54) is 0 Å². The van der Waals surface area contributed by atoms with Crippen molar-refractivity contribution >= 4 is 5.91 Å². The van der Waals surface area contributed by atoms with Gasteiger partial charge in [-0.1, -0.05) is 13.8 Å². The molecule has 140 valence electrons. The molecule has 2 aliphatic rings. The molecule has 2 aromatic heterocycles. The molecule has 4 rings (SSSR count). The highest BCUT2D eigenvalue weighted by Crippen LogP contribution is 2.42. The first-order valence-corrected chi connectivity index (χ1v) is 9.74. The normalized spacial score (nSPS) is 19.6. The Bertz CT molecular complexity index is 797. The summed E-state index contributed by atoms with van der Waals surface area (Å²) in [7, 11) is 0. The zero-order valence-corrected chi connectivity index (χ0v) is 16.0. The molecular weight excluding hydrogens is 328 g/mol. The number of nitrogens with zero attached hydrogens (tertiary/aromatic N) is 4. The molecule has 0 radical (unpaired) electrons. The highest BCUT2D eigenvalue weighted by atomic mass is 16.3. The van der Waals surface area contributed by atoms with E-state index in [0.717, 1.165) is 63.4 Å². The fourth-order valence-corrected chi connectivity index (χ4v) is 4.52. The van der Waals surface area contributed by atoms with Gasteiger partial charge in [0, 0.05) is 32.0 Å². The van der Waals surface area contributed by atoms with E-state index in [-0.39, 0.29) is 5.91 Å². The minimum absolute atomic E-state index is 0.110. The average Bonchev–Trinajstić information content (AvgIpc) is 3.20. The maximum Gasteiger partial charge on any atom is 0.257 e. The number of rotatable bonds is 2. The Hall–Kier alpha value is -2.11. The van der Waals surface area contributed by atoms with Gasteiger partial charge in [-0.05, 0) is 44.1 Å². The Balaban J connectivity index is 1.43. The molecule has 26 heavy (non-hydrogen) atoms. The summed E-state index contributed by atoms with van der Waals surface area (Å²) >= 11 is 0. The van der Waals surface area contributed by atoms with Gasteiger partial charge >= 0.3 is 0 Å². The van der Waals surface area contributed by atoms with Crippen LogP contribution >= 0.6 is 0 Å². The van der Waals surface area contributed by atoms with Crippen molar-refractivity contribution in [2.75, 3.05) is 13.1 Å². The van der Waals surface area contributed by atoms with E-state index in [2.05, 4.69) is 28.6 Å². The third-order valence-corrected chi connectivity index (χ3v) is 6.32. The molecule has 2 aliphatic heterocycles. The fourth-order valence-electron chi connectivity index (χ4n) is 4.52. The lowest BCUT2D eigenvalue weighted by Gasteiger charge is -2.41. The SMILES string of the molecule is Cc1occc1C(=O)N1CCC2(CCc3nnc(C(C)C)n3CC2)CC1. The summed E-state index contributed by atoms with van der Waals surface area (Å²) in [6.45, 7) is 8.89. The van der Waals surface area contributed by atoms with E-state index in [0.29, 0.717) is 22.7 Å². The molecule has 4 heterocycles. The lowest BCUT2D eigenvalue weighted by Crippen LogP contribution is -2.43. The molecule has 2 aromatic rings. The third kappa shape index (κ3) is 2.95. The number of likely N-dealkylation sites (tertiary alicyclic amines) is 1. The molecule has 0 aromatic carbocycles. The van der Waals surface area contributed by atoms with Gasteiger partial charge in [0.05, 0.1) is 11.8 Å². The van der Waals surface area contributed by atoms with Gasteiger partial charge in [0.1, 0.15) is 17.4 Å². The molecule has 6 nitrogen and oxygen atoms in total. The van der Waals surface area contributed by atoms with Crippen molar-refractivity contribution in [3.05, 3.63) is 35.3 Å². The number of piperidine rings is 1. The van der Waals surface area contributed by atoms with Crippen LogP contribution in [0.1, 0.15) is 73.2 Å². The van der Waals surface area contributed by atoms with Crippen molar-refractivity contribution in [3.8, 4) is 0 Å². The number of hydrogen-bond donors (Lipinski definition) is 0. The smallest absolute Gasteiger partial charge is 0.257 e. The summed E-state index contributed by atoms with van der Waals surface area (Å²) in [6, 6.07) is 1.78. The van der Waals surface area contributed by atoms with E-state index < -0.39 is 0 Å². The number of carbonyl (C=O) groups excluding carboxylic acids is 1. The number of hydrogen-bond acceptors (Lipinski definition) is 4. The van der Waals surface area contributed by atoms with Crippen LogP contribution < -0.4 is 0 Å². The maximum absolute atomic E-state index is 12.7. The van der Waals surface area contributed by atoms with E-state index in [4.69, 9.17) is 4.42 Å². The van der Waals surface area contributed by atoms with Crippen molar-refractivity contribution in [2.45, 2.75) is 65.3 Å². The Morgan fingerprint density at radius 2 is 1.88 bits per heavy atom. The van der Waals surface area contributed by atoms with Crippen LogP contribution in [0, 0.1) is 12.3 Å². The number of aryl methyl sites for hydroxylation is 2. The van der Waals surface area contributed by atoms with Crippen LogP contribution in [0.3, 0.4) is 0 Å². The maximum atomic E-state index is 12.7. The second kappa shape index (κ2) is 6.56. The van der Waals surface area contributed by atoms with Gasteiger partial charge in [0.25, 0.3) is 5.91 Å². The highest BCUT2D eigenvalue weighted by Gasteiger charge is 2.38. The molecule has 0 N–H and O–H groups in total. The topological polar surface area (TPSA) is 64.2 Å². The molecule has 0 bridgehead atoms. The van der Waals surface area contributed by atoms with Crippen LogP contribution in [0.4, 0.5) is 0 Å². The van der Waals surface area contributed by atoms with E-state index in [1.54, 1.807) is 12.3 Å². The Morgan fingerprint density at radius 3 is 2.54 bits per heavy atom. The molecular formula is C20H28N4O2. The first-order valence-electron chi connectivity index (χ1n) is 9.74. The van der Waals surface area contributed by atoms with Gasteiger partial charge in [0.15, 0.2) is 0 Å². The molecule has 0 unspecified atom stereocenters. The van der Waals surface area contributed by atoms with E-state index in [1.807, 2.05) is 11.8 Å². The van der Waals surface area contributed by atoms with Crippen molar-refractivity contribution in [1.29, 1.82) is 0 Å². The average molecular weight is 356 g/mol. The predicted octanol–water partition coefficient (Wildman–Crippen LogP) is 3.56. The predicted molar refractivity (Wildman–Crippen MR) is 98.1 cm³/mol. The van der Waals surface area contributed by atoms with E-state index in [9.17, 15) is 4.79 Å². The number of furan rings is 1. The minimum Gasteiger partial charge on any atom is -0.469 e. The van der Waals surface area contributed by atoms with Crippen LogP contribution in [-0.2, 0) is 13.0 Å². The molecule has 1 spiro atoms. The second-order valence-electron chi connectivity index (χ2n) is 8.21. The molecule has 1 amide bonds. The Morgan fingerprint density at radius 1 is 1.15 bits per heavy atom. The fraction of sp³-hybridized carbons (Fsp3) is 0.650. The standard InChI is InChI=1S/C20H28N4O2/c1-14(2)18-22-21-17-4-6-20(9-12-24(17)18)7-10-23(11-8-20)19(25)16-5-13-26-15(16)3/h5,13-14H,4,6-12H2,1-3H3. The monoisotopic (exact) mass is 356 g/mol. The third-order valence-electron chi connectivity index (χ3n) is 6.32. The van der Waals surface area contributed by atoms with Crippen molar-refractivity contribution < 1.29 is 9.21 Å².